The number of hydrogen-bond acceptors (Lipinski definition) is 3. The Morgan fingerprint density at radius 1 is 1.59 bits per heavy atom. The van der Waals surface area contributed by atoms with Gasteiger partial charge in [0.05, 0.1) is 5.92 Å². The van der Waals surface area contributed by atoms with E-state index in [9.17, 15) is 4.79 Å². The predicted molar refractivity (Wildman–Crippen MR) is 65.4 cm³/mol. The van der Waals surface area contributed by atoms with E-state index in [0.717, 1.165) is 32.6 Å². The molecule has 0 bridgehead atoms. The maximum Gasteiger partial charge on any atom is 0.224 e. The summed E-state index contributed by atoms with van der Waals surface area (Å²) in [5, 5.41) is 10.4. The third kappa shape index (κ3) is 3.30. The maximum atomic E-state index is 11.8. The molecule has 1 aromatic heterocycles. The minimum absolute atomic E-state index is 0.139. The Bertz CT molecular complexity index is 349. The fraction of sp³-hybridized carbons (Fsp3) is 0.667. The third-order valence-electron chi connectivity index (χ3n) is 3.28. The van der Waals surface area contributed by atoms with Crippen LogP contribution in [0.5, 0.6) is 0 Å². The normalized spacial score (nSPS) is 23.8. The Morgan fingerprint density at radius 3 is 3.12 bits per heavy atom. The minimum Gasteiger partial charge on any atom is -0.356 e. The molecule has 0 spiro atoms. The minimum atomic E-state index is 0.139. The summed E-state index contributed by atoms with van der Waals surface area (Å²) < 4.78 is 1.88. The van der Waals surface area contributed by atoms with Gasteiger partial charge in [0.25, 0.3) is 0 Å². The lowest BCUT2D eigenvalue weighted by Crippen LogP contribution is -2.35. The summed E-state index contributed by atoms with van der Waals surface area (Å²) >= 11 is 0. The van der Waals surface area contributed by atoms with E-state index < -0.39 is 0 Å². The summed E-state index contributed by atoms with van der Waals surface area (Å²) in [4.78, 5) is 11.8. The molecular formula is C12H20N4O. The van der Waals surface area contributed by atoms with E-state index in [0.29, 0.717) is 5.92 Å². The van der Waals surface area contributed by atoms with Crippen molar-refractivity contribution in [1.29, 1.82) is 0 Å². The number of nitrogens with zero attached hydrogens (tertiary/aromatic N) is 2. The van der Waals surface area contributed by atoms with Crippen LogP contribution >= 0.6 is 0 Å². The van der Waals surface area contributed by atoms with E-state index in [1.807, 2.05) is 16.9 Å². The molecule has 0 aliphatic carbocycles. The standard InChI is InChI=1S/C12H20N4O/c1-10-8-13-9-11(10)12(17)14-4-2-6-16-7-3-5-15-16/h3,5,7,10-11,13H,2,4,6,8-9H2,1H3,(H,14,17)/t10-,11-/m1/s1. The highest BCUT2D eigenvalue weighted by molar-refractivity contribution is 5.79. The van der Waals surface area contributed by atoms with Gasteiger partial charge in [-0.3, -0.25) is 9.48 Å². The Balaban J connectivity index is 1.63. The molecule has 1 aromatic rings. The van der Waals surface area contributed by atoms with Gasteiger partial charge in [-0.1, -0.05) is 6.92 Å². The van der Waals surface area contributed by atoms with E-state index in [2.05, 4.69) is 22.7 Å². The van der Waals surface area contributed by atoms with Gasteiger partial charge in [-0.05, 0) is 24.9 Å². The predicted octanol–water partition coefficient (Wildman–Crippen LogP) is 0.245. The molecule has 1 fully saturated rings. The zero-order valence-corrected chi connectivity index (χ0v) is 10.2. The third-order valence-corrected chi connectivity index (χ3v) is 3.28. The smallest absolute Gasteiger partial charge is 0.224 e. The fourth-order valence-corrected chi connectivity index (χ4v) is 2.18. The second-order valence-corrected chi connectivity index (χ2v) is 4.66. The highest BCUT2D eigenvalue weighted by Gasteiger charge is 2.28. The lowest BCUT2D eigenvalue weighted by Gasteiger charge is -2.14. The summed E-state index contributed by atoms with van der Waals surface area (Å²) in [7, 11) is 0. The summed E-state index contributed by atoms with van der Waals surface area (Å²) in [6.07, 6.45) is 4.62. The van der Waals surface area contributed by atoms with Crippen LogP contribution in [0.2, 0.25) is 0 Å². The number of carbonyl (C=O) groups excluding carboxylic acids is 1. The van der Waals surface area contributed by atoms with Gasteiger partial charge in [0, 0.05) is 32.0 Å². The van der Waals surface area contributed by atoms with Crippen molar-refractivity contribution in [2.45, 2.75) is 19.9 Å². The van der Waals surface area contributed by atoms with Crippen molar-refractivity contribution in [2.75, 3.05) is 19.6 Å². The first-order valence-corrected chi connectivity index (χ1v) is 6.23. The molecule has 1 aliphatic heterocycles. The van der Waals surface area contributed by atoms with E-state index in [-0.39, 0.29) is 11.8 Å². The molecule has 0 aromatic carbocycles. The lowest BCUT2D eigenvalue weighted by atomic mass is 9.97. The Kier molecular flexibility index (Phi) is 4.14. The number of hydrogen-bond donors (Lipinski definition) is 2. The van der Waals surface area contributed by atoms with Gasteiger partial charge in [-0.15, -0.1) is 0 Å². The maximum absolute atomic E-state index is 11.8. The molecule has 2 N–H and O–H groups in total. The molecule has 0 saturated carbocycles. The van der Waals surface area contributed by atoms with Crippen molar-refractivity contribution in [3.05, 3.63) is 18.5 Å². The average molecular weight is 236 g/mol. The van der Waals surface area contributed by atoms with Gasteiger partial charge >= 0.3 is 0 Å². The lowest BCUT2D eigenvalue weighted by molar-refractivity contribution is -0.125. The van der Waals surface area contributed by atoms with Crippen molar-refractivity contribution in [3.8, 4) is 0 Å². The number of nitrogens with one attached hydrogen (secondary N) is 2. The molecule has 5 nitrogen and oxygen atoms in total. The van der Waals surface area contributed by atoms with Crippen molar-refractivity contribution < 1.29 is 4.79 Å². The fourth-order valence-electron chi connectivity index (χ4n) is 2.18. The molecule has 2 rings (SSSR count). The highest BCUT2D eigenvalue weighted by Crippen LogP contribution is 2.15. The van der Waals surface area contributed by atoms with E-state index >= 15 is 0 Å². The summed E-state index contributed by atoms with van der Waals surface area (Å²) in [5.74, 6) is 0.767. The monoisotopic (exact) mass is 236 g/mol. The van der Waals surface area contributed by atoms with Crippen LogP contribution in [0.3, 0.4) is 0 Å². The zero-order valence-electron chi connectivity index (χ0n) is 10.2. The van der Waals surface area contributed by atoms with Gasteiger partial charge in [0.2, 0.25) is 5.91 Å². The van der Waals surface area contributed by atoms with Gasteiger partial charge in [0.15, 0.2) is 0 Å². The first-order chi connectivity index (χ1) is 8.27. The second-order valence-electron chi connectivity index (χ2n) is 4.66. The molecule has 5 heteroatoms. The van der Waals surface area contributed by atoms with Crippen LogP contribution in [0.15, 0.2) is 18.5 Å². The number of rotatable bonds is 5. The first kappa shape index (κ1) is 12.1. The van der Waals surface area contributed by atoms with Crippen LogP contribution in [-0.2, 0) is 11.3 Å². The second kappa shape index (κ2) is 5.82. The van der Waals surface area contributed by atoms with E-state index in [1.165, 1.54) is 0 Å². The van der Waals surface area contributed by atoms with E-state index in [4.69, 9.17) is 0 Å². The molecule has 0 unspecified atom stereocenters. The highest BCUT2D eigenvalue weighted by atomic mass is 16.1. The largest absolute Gasteiger partial charge is 0.356 e. The molecule has 94 valence electrons. The van der Waals surface area contributed by atoms with Crippen molar-refractivity contribution >= 4 is 5.91 Å². The molecule has 2 heterocycles. The van der Waals surface area contributed by atoms with Crippen LogP contribution in [0.1, 0.15) is 13.3 Å². The molecule has 17 heavy (non-hydrogen) atoms. The van der Waals surface area contributed by atoms with Crippen LogP contribution in [-0.4, -0.2) is 35.3 Å². The van der Waals surface area contributed by atoms with Crippen LogP contribution in [0.4, 0.5) is 0 Å². The molecule has 1 aliphatic rings. The molecular weight excluding hydrogens is 216 g/mol. The van der Waals surface area contributed by atoms with Gasteiger partial charge in [-0.25, -0.2) is 0 Å². The zero-order chi connectivity index (χ0) is 12.1. The summed E-state index contributed by atoms with van der Waals surface area (Å²) in [6, 6.07) is 1.91. The molecule has 1 amide bonds. The van der Waals surface area contributed by atoms with Crippen LogP contribution < -0.4 is 10.6 Å². The number of aryl methyl sites for hydroxylation is 1. The first-order valence-electron chi connectivity index (χ1n) is 6.23. The summed E-state index contributed by atoms with van der Waals surface area (Å²) in [5.41, 5.74) is 0. The van der Waals surface area contributed by atoms with E-state index in [1.54, 1.807) is 6.20 Å². The Morgan fingerprint density at radius 2 is 2.47 bits per heavy atom. The van der Waals surface area contributed by atoms with Crippen molar-refractivity contribution in [3.63, 3.8) is 0 Å². The van der Waals surface area contributed by atoms with Crippen LogP contribution in [0.25, 0.3) is 0 Å². The van der Waals surface area contributed by atoms with Crippen LogP contribution in [0, 0.1) is 11.8 Å². The summed E-state index contributed by atoms with van der Waals surface area (Å²) in [6.45, 7) is 5.46. The van der Waals surface area contributed by atoms with Crippen molar-refractivity contribution in [1.82, 2.24) is 20.4 Å². The number of amides is 1. The number of carbonyl (C=O) groups is 1. The SMILES string of the molecule is C[C@@H]1CNC[C@H]1C(=O)NCCCn1cccn1. The van der Waals surface area contributed by atoms with Crippen molar-refractivity contribution in [2.24, 2.45) is 11.8 Å². The topological polar surface area (TPSA) is 59.0 Å². The quantitative estimate of drug-likeness (QED) is 0.720. The molecule has 1 saturated heterocycles. The molecule has 2 atom stereocenters. The Hall–Kier alpha value is -1.36. The number of aromatic nitrogens is 2. The van der Waals surface area contributed by atoms with Gasteiger partial charge in [-0.2, -0.15) is 5.10 Å². The average Bonchev–Trinajstić information content (AvgIpc) is 2.95. The van der Waals surface area contributed by atoms with Gasteiger partial charge in [0.1, 0.15) is 0 Å². The van der Waals surface area contributed by atoms with Gasteiger partial charge < -0.3 is 10.6 Å². The Labute approximate surface area is 102 Å². The molecule has 0 radical (unpaired) electrons.